The molecule has 220 valence electrons. The number of sulfonamides is 1. The third-order valence-electron chi connectivity index (χ3n) is 6.74. The molecule has 0 radical (unpaired) electrons. The minimum atomic E-state index is -4.19. The molecular formula is C32H41N3O5S. The molecule has 0 aromatic heterocycles. The van der Waals surface area contributed by atoms with Crippen molar-refractivity contribution in [3.63, 3.8) is 0 Å². The van der Waals surface area contributed by atoms with Gasteiger partial charge in [-0.05, 0) is 76.4 Å². The van der Waals surface area contributed by atoms with Crippen molar-refractivity contribution >= 4 is 27.5 Å². The van der Waals surface area contributed by atoms with Crippen LogP contribution in [0.2, 0.25) is 0 Å². The van der Waals surface area contributed by atoms with E-state index >= 15 is 0 Å². The number of anilines is 1. The largest absolute Gasteiger partial charge is 0.492 e. The summed E-state index contributed by atoms with van der Waals surface area (Å²) >= 11 is 0. The number of ether oxygens (including phenoxy) is 1. The quantitative estimate of drug-likeness (QED) is 0.299. The summed E-state index contributed by atoms with van der Waals surface area (Å²) in [4.78, 5) is 29.1. The van der Waals surface area contributed by atoms with Crippen molar-refractivity contribution in [2.24, 2.45) is 0 Å². The molecule has 3 rings (SSSR count). The highest BCUT2D eigenvalue weighted by atomic mass is 32.2. The molecule has 3 aromatic rings. The molecule has 0 saturated heterocycles. The van der Waals surface area contributed by atoms with E-state index in [0.717, 1.165) is 21.0 Å². The monoisotopic (exact) mass is 579 g/mol. The van der Waals surface area contributed by atoms with Crippen molar-refractivity contribution in [1.29, 1.82) is 0 Å². The first-order chi connectivity index (χ1) is 19.5. The summed E-state index contributed by atoms with van der Waals surface area (Å²) in [5, 5.41) is 2.92. The zero-order valence-corrected chi connectivity index (χ0v) is 25.6. The van der Waals surface area contributed by atoms with Gasteiger partial charge in [-0.25, -0.2) is 8.42 Å². The van der Waals surface area contributed by atoms with Gasteiger partial charge in [-0.15, -0.1) is 0 Å². The first-order valence-corrected chi connectivity index (χ1v) is 15.4. The van der Waals surface area contributed by atoms with E-state index in [1.807, 2.05) is 65.8 Å². The fourth-order valence-corrected chi connectivity index (χ4v) is 5.99. The van der Waals surface area contributed by atoms with Crippen LogP contribution in [0.3, 0.4) is 0 Å². The van der Waals surface area contributed by atoms with Gasteiger partial charge in [0.25, 0.3) is 10.0 Å². The van der Waals surface area contributed by atoms with E-state index in [1.165, 1.54) is 17.0 Å². The minimum Gasteiger partial charge on any atom is -0.492 e. The lowest BCUT2D eigenvalue weighted by atomic mass is 10.1. The lowest BCUT2D eigenvalue weighted by Crippen LogP contribution is -2.53. The van der Waals surface area contributed by atoms with Crippen molar-refractivity contribution in [2.75, 3.05) is 17.5 Å². The van der Waals surface area contributed by atoms with Gasteiger partial charge >= 0.3 is 0 Å². The van der Waals surface area contributed by atoms with Gasteiger partial charge in [-0.3, -0.25) is 13.9 Å². The Hall–Kier alpha value is -3.85. The molecule has 0 bridgehead atoms. The maximum absolute atomic E-state index is 14.2. The minimum absolute atomic E-state index is 0.0530. The van der Waals surface area contributed by atoms with Crippen LogP contribution in [0, 0.1) is 13.8 Å². The molecule has 0 saturated carbocycles. The second-order valence-electron chi connectivity index (χ2n) is 10.3. The van der Waals surface area contributed by atoms with E-state index in [9.17, 15) is 18.0 Å². The highest BCUT2D eigenvalue weighted by Gasteiger charge is 2.35. The Bertz CT molecular complexity index is 1440. The van der Waals surface area contributed by atoms with Crippen LogP contribution in [-0.4, -0.2) is 50.4 Å². The van der Waals surface area contributed by atoms with Crippen LogP contribution in [0.25, 0.3) is 0 Å². The van der Waals surface area contributed by atoms with Crippen molar-refractivity contribution in [3.05, 3.63) is 89.5 Å². The fourth-order valence-electron chi connectivity index (χ4n) is 4.56. The Morgan fingerprint density at radius 2 is 1.54 bits per heavy atom. The predicted molar refractivity (Wildman–Crippen MR) is 162 cm³/mol. The van der Waals surface area contributed by atoms with Gasteiger partial charge < -0.3 is 15.0 Å². The number of hydrogen-bond donors (Lipinski definition) is 1. The Kier molecular flexibility index (Phi) is 10.9. The number of para-hydroxylation sites is 2. The number of amides is 2. The van der Waals surface area contributed by atoms with Crippen LogP contribution in [0.5, 0.6) is 5.75 Å². The average molecular weight is 580 g/mol. The zero-order chi connectivity index (χ0) is 30.2. The summed E-state index contributed by atoms with van der Waals surface area (Å²) in [5.74, 6) is -0.443. The number of nitrogens with one attached hydrogen (secondary N) is 1. The summed E-state index contributed by atoms with van der Waals surface area (Å²) in [6, 6.07) is 20.0. The normalized spacial score (nSPS) is 12.1. The Labute approximate surface area is 244 Å². The Morgan fingerprint density at radius 1 is 0.902 bits per heavy atom. The van der Waals surface area contributed by atoms with E-state index in [1.54, 1.807) is 36.4 Å². The third-order valence-corrected chi connectivity index (χ3v) is 8.51. The second kappa shape index (κ2) is 14.2. The molecule has 41 heavy (non-hydrogen) atoms. The van der Waals surface area contributed by atoms with E-state index < -0.39 is 28.5 Å². The van der Waals surface area contributed by atoms with Crippen LogP contribution in [0.4, 0.5) is 5.69 Å². The summed E-state index contributed by atoms with van der Waals surface area (Å²) < 4.78 is 35.1. The Balaban J connectivity index is 2.13. The Morgan fingerprint density at radius 3 is 2.15 bits per heavy atom. The zero-order valence-electron chi connectivity index (χ0n) is 24.8. The molecule has 8 nitrogen and oxygen atoms in total. The van der Waals surface area contributed by atoms with Crippen LogP contribution >= 0.6 is 0 Å². The molecule has 0 aliphatic rings. The van der Waals surface area contributed by atoms with Crippen molar-refractivity contribution in [1.82, 2.24) is 10.2 Å². The van der Waals surface area contributed by atoms with Crippen LogP contribution < -0.4 is 14.4 Å². The standard InChI is InChI=1S/C32H41N3O5S/c1-7-28(32(37)33-23(3)4)34(21-26-14-10-9-13-25(26)6)31(36)22-35(29-15-11-12-16-30(29)40-8-2)41(38,39)27-19-17-24(5)18-20-27/h9-20,23,28H,7-8,21-22H2,1-6H3,(H,33,37)/t28-/m1/s1. The number of rotatable bonds is 13. The molecule has 0 aliphatic heterocycles. The van der Waals surface area contributed by atoms with Gasteiger partial charge in [0.15, 0.2) is 0 Å². The maximum atomic E-state index is 14.2. The summed E-state index contributed by atoms with van der Waals surface area (Å²) in [5.41, 5.74) is 3.00. The SMILES string of the molecule is CCOc1ccccc1N(CC(=O)N(Cc1ccccc1C)[C@H](CC)C(=O)NC(C)C)S(=O)(=O)c1ccc(C)cc1. The topological polar surface area (TPSA) is 96.0 Å². The van der Waals surface area contributed by atoms with Crippen molar-refractivity contribution < 1.29 is 22.7 Å². The molecule has 9 heteroatoms. The summed E-state index contributed by atoms with van der Waals surface area (Å²) in [7, 11) is -4.19. The molecule has 0 unspecified atom stereocenters. The first kappa shape index (κ1) is 31.7. The van der Waals surface area contributed by atoms with E-state index in [2.05, 4.69) is 5.32 Å². The molecule has 0 aliphatic carbocycles. The number of aryl methyl sites for hydroxylation is 2. The molecule has 0 heterocycles. The number of hydrogen-bond acceptors (Lipinski definition) is 5. The molecule has 0 spiro atoms. The lowest BCUT2D eigenvalue weighted by molar-refractivity contribution is -0.140. The third kappa shape index (κ3) is 7.88. The molecule has 2 amide bonds. The van der Waals surface area contributed by atoms with Crippen molar-refractivity contribution in [2.45, 2.75) is 71.5 Å². The van der Waals surface area contributed by atoms with Gasteiger partial charge in [0.1, 0.15) is 18.3 Å². The van der Waals surface area contributed by atoms with E-state index in [-0.39, 0.29) is 29.1 Å². The second-order valence-corrected chi connectivity index (χ2v) is 12.1. The summed E-state index contributed by atoms with van der Waals surface area (Å²) in [6.45, 7) is 11.1. The molecule has 3 aromatic carbocycles. The number of carbonyl (C=O) groups is 2. The lowest BCUT2D eigenvalue weighted by Gasteiger charge is -2.34. The van der Waals surface area contributed by atoms with E-state index in [0.29, 0.717) is 18.8 Å². The first-order valence-electron chi connectivity index (χ1n) is 13.9. The molecule has 0 fully saturated rings. The van der Waals surface area contributed by atoms with E-state index in [4.69, 9.17) is 4.74 Å². The van der Waals surface area contributed by atoms with Crippen LogP contribution in [0.15, 0.2) is 77.7 Å². The highest BCUT2D eigenvalue weighted by Crippen LogP contribution is 2.33. The summed E-state index contributed by atoms with van der Waals surface area (Å²) in [6.07, 6.45) is 0.358. The predicted octanol–water partition coefficient (Wildman–Crippen LogP) is 5.23. The van der Waals surface area contributed by atoms with Crippen LogP contribution in [-0.2, 0) is 26.2 Å². The van der Waals surface area contributed by atoms with Crippen LogP contribution in [0.1, 0.15) is 50.8 Å². The van der Waals surface area contributed by atoms with Gasteiger partial charge in [-0.2, -0.15) is 0 Å². The number of benzene rings is 3. The molecule has 1 N–H and O–H groups in total. The van der Waals surface area contributed by atoms with Gasteiger partial charge in [0.2, 0.25) is 11.8 Å². The highest BCUT2D eigenvalue weighted by molar-refractivity contribution is 7.92. The van der Waals surface area contributed by atoms with Crippen molar-refractivity contribution in [3.8, 4) is 5.75 Å². The maximum Gasteiger partial charge on any atom is 0.264 e. The number of carbonyl (C=O) groups excluding carboxylic acids is 2. The van der Waals surface area contributed by atoms with Gasteiger partial charge in [0.05, 0.1) is 17.2 Å². The van der Waals surface area contributed by atoms with Gasteiger partial charge in [-0.1, -0.05) is 61.0 Å². The average Bonchev–Trinajstić information content (AvgIpc) is 2.93. The van der Waals surface area contributed by atoms with Gasteiger partial charge in [0, 0.05) is 12.6 Å². The molecular weight excluding hydrogens is 538 g/mol. The number of nitrogens with zero attached hydrogens (tertiary/aromatic N) is 2. The fraction of sp³-hybridized carbons (Fsp3) is 0.375. The molecule has 1 atom stereocenters. The smallest absolute Gasteiger partial charge is 0.264 e.